The van der Waals surface area contributed by atoms with Gasteiger partial charge in [0.25, 0.3) is 0 Å². The van der Waals surface area contributed by atoms with Crippen LogP contribution in [0.1, 0.15) is 48.0 Å². The summed E-state index contributed by atoms with van der Waals surface area (Å²) in [5.41, 5.74) is -10.1. The molecule has 0 aliphatic heterocycles. The van der Waals surface area contributed by atoms with Crippen molar-refractivity contribution in [3.8, 4) is 56.7 Å². The zero-order chi connectivity index (χ0) is 71.9. The van der Waals surface area contributed by atoms with Crippen molar-refractivity contribution in [3.05, 3.63) is 211 Å². The lowest BCUT2D eigenvalue weighted by Crippen LogP contribution is -2.00. The summed E-state index contributed by atoms with van der Waals surface area (Å²) in [5, 5.41) is -3.78. The Bertz CT molecular complexity index is 5820. The van der Waals surface area contributed by atoms with Crippen LogP contribution < -0.4 is 0 Å². The number of benzene rings is 9. The average molecular weight is 841 g/mol. The quantitative estimate of drug-likeness (QED) is 0.167. The van der Waals surface area contributed by atoms with Crippen molar-refractivity contribution in [2.24, 2.45) is 0 Å². The summed E-state index contributed by atoms with van der Waals surface area (Å²) < 4.78 is 324. The van der Waals surface area contributed by atoms with Gasteiger partial charge in [0.1, 0.15) is 5.58 Å². The van der Waals surface area contributed by atoms with Crippen LogP contribution in [0.25, 0.3) is 122 Å². The summed E-state index contributed by atoms with van der Waals surface area (Å²) in [6.45, 7) is 0. The van der Waals surface area contributed by atoms with E-state index >= 15 is 0 Å². The minimum Gasteiger partial charge on any atom is -0.454 e. The Morgan fingerprint density at radius 3 is 1.56 bits per heavy atom. The summed E-state index contributed by atoms with van der Waals surface area (Å²) >= 11 is 0. The molecule has 0 atom stereocenters. The average Bonchev–Trinajstić information content (AvgIpc) is 1.55. The Morgan fingerprint density at radius 2 is 0.873 bits per heavy atom. The van der Waals surface area contributed by atoms with Crippen molar-refractivity contribution in [1.29, 1.82) is 0 Å². The molecule has 0 fully saturated rings. The Hall–Kier alpha value is -8.61. The van der Waals surface area contributed by atoms with Gasteiger partial charge in [0, 0.05) is 49.3 Å². The highest BCUT2D eigenvalue weighted by molar-refractivity contribution is 6.23. The van der Waals surface area contributed by atoms with Crippen molar-refractivity contribution in [2.75, 3.05) is 0 Å². The molecule has 0 aliphatic carbocycles. The standard InChI is InChI=1S/C57H35N5O/c1-4-15-36(16-5-1)37-27-29-39(30-28-37)56-58-55(38-17-6-2-7-18-38)59-57(60-56)40-31-34-49-46(35-40)44-32-33-45-52-50(62-47-23-12-10-21-42(47)43-22-11-13-24-48(43)62)25-14-26-51(52)63-54(45)53(44)61(49)41-19-8-3-9-20-41/h1-35H/i1D,2D,3D,4D,5D,6D,7D,8D,9D,10D,11D,12D,13D,14D,15D,16D,17D,18D,19D,20D,21D,22D,23D,24D,25D,26D,27D,28D,29D,30D,31D,32D,33D,34D,35D. The molecule has 13 aromatic rings. The second kappa shape index (κ2) is 14.0. The molecule has 294 valence electrons. The van der Waals surface area contributed by atoms with Crippen LogP contribution in [0.15, 0.2) is 216 Å². The van der Waals surface area contributed by atoms with Crippen LogP contribution in [-0.4, -0.2) is 24.1 Å². The van der Waals surface area contributed by atoms with Gasteiger partial charge in [-0.05, 0) is 71.6 Å². The van der Waals surface area contributed by atoms with Crippen molar-refractivity contribution < 1.29 is 52.4 Å². The largest absolute Gasteiger partial charge is 0.454 e. The fourth-order valence-corrected chi connectivity index (χ4v) is 7.29. The van der Waals surface area contributed by atoms with Gasteiger partial charge >= 0.3 is 0 Å². The molecule has 0 unspecified atom stereocenters. The van der Waals surface area contributed by atoms with E-state index in [-0.39, 0.29) is 0 Å². The molecule has 0 saturated heterocycles. The van der Waals surface area contributed by atoms with Crippen LogP contribution in [0.4, 0.5) is 0 Å². The van der Waals surface area contributed by atoms with Crippen LogP contribution in [-0.2, 0) is 0 Å². The second-order valence-corrected chi connectivity index (χ2v) is 13.3. The van der Waals surface area contributed by atoms with E-state index in [0.29, 0.717) is 4.57 Å². The zero-order valence-corrected chi connectivity index (χ0v) is 31.1. The SMILES string of the molecule is [2H]c1c([2H])c([2H])c(-c2nc(-c3c([2H])c([2H])c(-c4c([2H])c([2H])c([2H])c([2H])c4[2H])c([2H])c3[2H])nc(-c3c([2H])c([2H])c4c(c3[2H])c3c([2H])c([2H])c5c(oc6c([2H])c([2H])c([2H])c(-n7c8c([2H])c([2H])c([2H])c([2H])c8c8c([2H])c([2H])c([2H])c([2H])c87)c65)c3n4-c3c([2H])c([2H])c([2H])c([2H])c3[2H])n2)c([2H])c1[2H]. The molecule has 0 aliphatic rings. The third kappa shape index (κ3) is 5.55. The van der Waals surface area contributed by atoms with E-state index in [2.05, 4.69) is 15.0 Å². The number of aromatic nitrogens is 5. The minimum absolute atomic E-state index is 0.512. The van der Waals surface area contributed by atoms with Crippen LogP contribution in [0.2, 0.25) is 0 Å². The Morgan fingerprint density at radius 1 is 0.365 bits per heavy atom. The Balaban J connectivity index is 1.23. The Labute approximate surface area is 410 Å². The van der Waals surface area contributed by atoms with Crippen LogP contribution in [0.3, 0.4) is 0 Å². The van der Waals surface area contributed by atoms with Gasteiger partial charge in [-0.3, -0.25) is 0 Å². The van der Waals surface area contributed by atoms with Gasteiger partial charge in [0.15, 0.2) is 23.1 Å². The van der Waals surface area contributed by atoms with Crippen molar-refractivity contribution in [2.45, 2.75) is 0 Å². The normalized spacial score (nSPS) is 19.6. The van der Waals surface area contributed by atoms with E-state index in [1.807, 2.05) is 0 Å². The molecule has 9 aromatic carbocycles. The van der Waals surface area contributed by atoms with Crippen molar-refractivity contribution in [3.63, 3.8) is 0 Å². The van der Waals surface area contributed by atoms with E-state index in [4.69, 9.17) is 30.5 Å². The lowest BCUT2D eigenvalue weighted by Gasteiger charge is -2.10. The highest BCUT2D eigenvalue weighted by Gasteiger charge is 2.23. The van der Waals surface area contributed by atoms with Gasteiger partial charge in [0.05, 0.1) is 81.1 Å². The summed E-state index contributed by atoms with van der Waals surface area (Å²) in [7, 11) is 0. The topological polar surface area (TPSA) is 61.7 Å². The monoisotopic (exact) mass is 841 g/mol. The number of para-hydroxylation sites is 3. The number of nitrogens with zero attached hydrogens (tertiary/aromatic N) is 5. The minimum atomic E-state index is -1.15. The highest BCUT2D eigenvalue weighted by atomic mass is 16.3. The van der Waals surface area contributed by atoms with Gasteiger partial charge in [-0.2, -0.15) is 0 Å². The molecule has 6 heteroatoms. The number of fused-ring (bicyclic) bond motifs is 10. The molecule has 4 aromatic heterocycles. The molecular formula is C57H35N5O. The first kappa shape index (κ1) is 15.1. The van der Waals surface area contributed by atoms with Gasteiger partial charge in [-0.15, -0.1) is 0 Å². The zero-order valence-electron chi connectivity index (χ0n) is 66.1. The fourth-order valence-electron chi connectivity index (χ4n) is 7.29. The molecule has 0 amide bonds. The molecule has 0 bridgehead atoms. The summed E-state index contributed by atoms with van der Waals surface area (Å²) in [6.07, 6.45) is 0. The van der Waals surface area contributed by atoms with Crippen LogP contribution in [0.5, 0.6) is 0 Å². The van der Waals surface area contributed by atoms with E-state index in [1.54, 1.807) is 0 Å². The smallest absolute Gasteiger partial charge is 0.164 e. The number of rotatable bonds is 6. The summed E-state index contributed by atoms with van der Waals surface area (Å²) in [4.78, 5) is 13.0. The Kier molecular flexibility index (Phi) is 3.35. The molecule has 0 spiro atoms. The van der Waals surface area contributed by atoms with Crippen LogP contribution in [0, 0.1) is 0 Å². The van der Waals surface area contributed by atoms with Gasteiger partial charge < -0.3 is 13.6 Å². The second-order valence-electron chi connectivity index (χ2n) is 13.3. The lowest BCUT2D eigenvalue weighted by atomic mass is 10.0. The van der Waals surface area contributed by atoms with E-state index in [1.165, 1.54) is 0 Å². The first-order valence-electron chi connectivity index (χ1n) is 35.8. The third-order valence-corrected chi connectivity index (χ3v) is 9.90. The molecule has 4 heterocycles. The molecule has 0 radical (unpaired) electrons. The molecule has 63 heavy (non-hydrogen) atoms. The van der Waals surface area contributed by atoms with Gasteiger partial charge in [0.2, 0.25) is 0 Å². The maximum absolute atomic E-state index is 10.2. The first-order valence-corrected chi connectivity index (χ1v) is 18.3. The van der Waals surface area contributed by atoms with E-state index in [9.17, 15) is 21.9 Å². The number of hydrogen-bond acceptors (Lipinski definition) is 4. The predicted octanol–water partition coefficient (Wildman–Crippen LogP) is 14.6. The molecule has 6 nitrogen and oxygen atoms in total. The number of hydrogen-bond donors (Lipinski definition) is 0. The maximum atomic E-state index is 10.2. The lowest BCUT2D eigenvalue weighted by molar-refractivity contribution is 0.671. The molecule has 13 rings (SSSR count). The summed E-state index contributed by atoms with van der Waals surface area (Å²) in [5.74, 6) is -2.93. The maximum Gasteiger partial charge on any atom is 0.164 e. The van der Waals surface area contributed by atoms with Gasteiger partial charge in [-0.1, -0.05) is 151 Å². The molecule has 0 N–H and O–H groups in total. The highest BCUT2D eigenvalue weighted by Crippen LogP contribution is 2.44. The van der Waals surface area contributed by atoms with Crippen molar-refractivity contribution in [1.82, 2.24) is 24.1 Å². The van der Waals surface area contributed by atoms with E-state index < -0.39 is 334 Å². The number of furan rings is 1. The van der Waals surface area contributed by atoms with E-state index in [0.717, 1.165) is 4.57 Å². The predicted molar refractivity (Wildman–Crippen MR) is 258 cm³/mol. The third-order valence-electron chi connectivity index (χ3n) is 9.90. The fraction of sp³-hybridized carbons (Fsp3) is 0. The summed E-state index contributed by atoms with van der Waals surface area (Å²) in [6, 6.07) is -34.1. The van der Waals surface area contributed by atoms with Crippen LogP contribution >= 0.6 is 0 Å². The van der Waals surface area contributed by atoms with Gasteiger partial charge in [-0.25, -0.2) is 15.0 Å². The molecule has 0 saturated carbocycles. The van der Waals surface area contributed by atoms with Crippen molar-refractivity contribution >= 4 is 65.6 Å². The molecular weight excluding hydrogens is 771 g/mol. The first-order chi connectivity index (χ1) is 45.8.